The first-order valence-electron chi connectivity index (χ1n) is 32.1. The Morgan fingerprint density at radius 1 is 0.204 bits per heavy atom. The van der Waals surface area contributed by atoms with Crippen molar-refractivity contribution < 1.29 is 18.6 Å². The van der Waals surface area contributed by atoms with Gasteiger partial charge >= 0.3 is 35.2 Å². The molecule has 0 radical (unpaired) electrons. The lowest BCUT2D eigenvalue weighted by Gasteiger charge is -2.53. The summed E-state index contributed by atoms with van der Waals surface area (Å²) in [6, 6.07) is 99.1. The molecule has 0 atom stereocenters. The van der Waals surface area contributed by atoms with E-state index >= 15 is 0 Å². The zero-order valence-corrected chi connectivity index (χ0v) is 49.7. The standard InChI is InChI=1S/C78H45B5N6O4/c1-7-23-46(24-8-1)84-56-37-21-19-35-52(56)54-39-41-62-70-66-60(86(79(84)74(54)70)48-27-11-3-12-28-48)44-64-72-68-58(88(81(90-62)76(66)72)50-31-15-5-16-32-50)43-59-69-73-65(93-83(92-64)78(68)69)45-61-67-71-63(91-82(77(67)73)89(59)51-33-17-6-18-34-51)42-40-55-53-36-20-22-38-57(53)85(47-25-9-2-10-26-47)80(75(55)71)87(61)49-29-13-4-14-30-49/h1-45H. The van der Waals surface area contributed by atoms with Crippen LogP contribution in [0.15, 0.2) is 273 Å². The van der Waals surface area contributed by atoms with E-state index in [1.165, 1.54) is 33.2 Å². The van der Waals surface area contributed by atoms with Crippen LogP contribution >= 0.6 is 0 Å². The summed E-state index contributed by atoms with van der Waals surface area (Å²) in [6.45, 7) is -0.658. The van der Waals surface area contributed by atoms with E-state index < -0.39 is 21.2 Å². The average Bonchev–Trinajstić information content (AvgIpc) is 0.667. The summed E-state index contributed by atoms with van der Waals surface area (Å²) in [6.07, 6.45) is 0. The van der Waals surface area contributed by atoms with Gasteiger partial charge in [0.2, 0.25) is 0 Å². The molecule has 0 aromatic heterocycles. The quantitative estimate of drug-likeness (QED) is 0.151. The molecule has 426 valence electrons. The van der Waals surface area contributed by atoms with Crippen LogP contribution in [0.2, 0.25) is 0 Å². The van der Waals surface area contributed by atoms with E-state index in [-0.39, 0.29) is 14.0 Å². The highest BCUT2D eigenvalue weighted by Crippen LogP contribution is 2.63. The molecule has 0 amide bonds. The van der Waals surface area contributed by atoms with Crippen molar-refractivity contribution in [2.75, 3.05) is 28.9 Å². The molecule has 10 aliphatic rings. The van der Waals surface area contributed by atoms with Crippen molar-refractivity contribution in [1.82, 2.24) is 0 Å². The summed E-state index contributed by atoms with van der Waals surface area (Å²) < 4.78 is 31.5. The summed E-state index contributed by atoms with van der Waals surface area (Å²) in [4.78, 5) is 15.1. The van der Waals surface area contributed by atoms with Crippen molar-refractivity contribution in [3.63, 3.8) is 0 Å². The largest absolute Gasteiger partial charge is 0.634 e. The van der Waals surface area contributed by atoms with Crippen molar-refractivity contribution in [3.8, 4) is 89.8 Å². The lowest BCUT2D eigenvalue weighted by Crippen LogP contribution is -2.66. The van der Waals surface area contributed by atoms with Gasteiger partial charge in [-0.05, 0) is 125 Å². The molecule has 93 heavy (non-hydrogen) atoms. The smallest absolute Gasteiger partial charge is 0.537 e. The van der Waals surface area contributed by atoms with Crippen LogP contribution in [0.1, 0.15) is 0 Å². The maximum atomic E-state index is 7.87. The van der Waals surface area contributed by atoms with E-state index in [2.05, 4.69) is 302 Å². The third kappa shape index (κ3) is 6.07. The third-order valence-electron chi connectivity index (χ3n) is 21.1. The summed E-state index contributed by atoms with van der Waals surface area (Å²) >= 11 is 0. The molecule has 13 aromatic carbocycles. The van der Waals surface area contributed by atoms with Gasteiger partial charge in [0.15, 0.2) is 0 Å². The highest BCUT2D eigenvalue weighted by Gasteiger charge is 2.62. The van der Waals surface area contributed by atoms with Crippen LogP contribution in [0.5, 0.6) is 23.0 Å². The number of hydrogen-bond acceptors (Lipinski definition) is 10. The molecular formula is C78H45B5N6O4. The number of hydrogen-bond donors (Lipinski definition) is 0. The topological polar surface area (TPSA) is 56.4 Å². The van der Waals surface area contributed by atoms with Gasteiger partial charge < -0.3 is 47.5 Å². The number of fused-ring (bicyclic) bond motifs is 4. The zero-order chi connectivity index (χ0) is 60.1. The van der Waals surface area contributed by atoms with Gasteiger partial charge in [-0.2, -0.15) is 0 Å². The molecule has 10 nitrogen and oxygen atoms in total. The molecule has 0 saturated heterocycles. The van der Waals surface area contributed by atoms with Crippen LogP contribution < -0.4 is 74.8 Å². The van der Waals surface area contributed by atoms with E-state index in [1.54, 1.807) is 0 Å². The first-order chi connectivity index (χ1) is 46.2. The van der Waals surface area contributed by atoms with E-state index in [0.29, 0.717) is 0 Å². The molecule has 13 aromatic rings. The Morgan fingerprint density at radius 2 is 0.505 bits per heavy atom. The SMILES string of the molecule is c1ccc(N2B3c4c(ccc5c4-c4c(cc6c7c4B(O5)N(c4ccccc4)c4cc5c8c(c4-7)B(O6)Oc4cc6c7c(c4-8)B(Oc4ccc8c(c4-7)B(N(c4ccccc4)c4ccccc4-8)N6c4ccccc4)N5c4ccccc4)N3c3ccccc3)-c3ccccc32)cc1. The highest BCUT2D eigenvalue weighted by atomic mass is 16.6. The minimum absolute atomic E-state index is 0.329. The first kappa shape index (κ1) is 49.0. The second kappa shape index (κ2) is 17.6. The maximum absolute atomic E-state index is 7.87. The second-order valence-electron chi connectivity index (χ2n) is 25.5. The lowest BCUT2D eigenvalue weighted by atomic mass is 9.47. The lowest BCUT2D eigenvalue weighted by molar-refractivity contribution is 0.436. The fourth-order valence-corrected chi connectivity index (χ4v) is 17.8. The number of benzene rings is 13. The van der Waals surface area contributed by atoms with Gasteiger partial charge in [0.05, 0.1) is 0 Å². The van der Waals surface area contributed by atoms with Crippen LogP contribution in [-0.2, 0) is 0 Å². The monoisotopic (exact) mass is 1180 g/mol. The van der Waals surface area contributed by atoms with Gasteiger partial charge in [-0.3, -0.25) is 0 Å². The van der Waals surface area contributed by atoms with E-state index in [1.807, 2.05) is 0 Å². The summed E-state index contributed by atoms with van der Waals surface area (Å²) in [5.74, 6) is 3.16. The predicted molar refractivity (Wildman–Crippen MR) is 380 cm³/mol. The van der Waals surface area contributed by atoms with Crippen LogP contribution in [0.25, 0.3) is 66.8 Å². The number of nitrogens with zero attached hydrogens (tertiary/aromatic N) is 6. The Kier molecular flexibility index (Phi) is 9.26. The molecule has 10 heterocycles. The average molecular weight is 1180 g/mol. The summed E-state index contributed by atoms with van der Waals surface area (Å²) in [5.41, 5.74) is 31.6. The first-order valence-corrected chi connectivity index (χ1v) is 32.1. The number of rotatable bonds is 6. The minimum atomic E-state index is -0.877. The normalized spacial score (nSPS) is 15.2. The molecule has 0 fully saturated rings. The van der Waals surface area contributed by atoms with Crippen molar-refractivity contribution in [3.05, 3.63) is 273 Å². The van der Waals surface area contributed by atoms with Gasteiger partial charge in [-0.25, -0.2) is 0 Å². The van der Waals surface area contributed by atoms with Gasteiger partial charge in [-0.1, -0.05) is 158 Å². The molecular weight excluding hydrogens is 1140 g/mol. The van der Waals surface area contributed by atoms with E-state index in [0.717, 1.165) is 152 Å². The molecule has 0 bridgehead atoms. The zero-order valence-electron chi connectivity index (χ0n) is 49.7. The summed E-state index contributed by atoms with van der Waals surface area (Å²) in [7, 11) is -2.12. The van der Waals surface area contributed by atoms with Crippen LogP contribution in [0.4, 0.5) is 68.2 Å². The summed E-state index contributed by atoms with van der Waals surface area (Å²) in [5, 5.41) is 0. The molecule has 0 unspecified atom stereocenters. The number of anilines is 12. The maximum Gasteiger partial charge on any atom is 0.634 e. The van der Waals surface area contributed by atoms with Crippen molar-refractivity contribution in [2.24, 2.45) is 0 Å². The Morgan fingerprint density at radius 3 is 0.882 bits per heavy atom. The number of para-hydroxylation sites is 8. The van der Waals surface area contributed by atoms with Gasteiger partial charge in [-0.15, -0.1) is 0 Å². The molecule has 15 heteroatoms. The Balaban J connectivity index is 0.846. The van der Waals surface area contributed by atoms with Crippen molar-refractivity contribution in [2.45, 2.75) is 0 Å². The molecule has 0 spiro atoms. The Bertz CT molecular complexity index is 5170. The predicted octanol–water partition coefficient (Wildman–Crippen LogP) is 14.6. The molecule has 0 aliphatic carbocycles. The van der Waals surface area contributed by atoms with Crippen molar-refractivity contribution >= 4 is 131 Å². The minimum Gasteiger partial charge on any atom is -0.537 e. The van der Waals surface area contributed by atoms with Crippen LogP contribution in [0.3, 0.4) is 0 Å². The van der Waals surface area contributed by atoms with Gasteiger partial charge in [0, 0.05) is 152 Å². The Labute approximate surface area is 537 Å². The van der Waals surface area contributed by atoms with Crippen LogP contribution in [-0.4, -0.2) is 35.2 Å². The van der Waals surface area contributed by atoms with Gasteiger partial charge in [0.1, 0.15) is 23.0 Å². The highest BCUT2D eigenvalue weighted by molar-refractivity contribution is 6.90. The molecule has 0 N–H and O–H groups in total. The Hall–Kier alpha value is -11.8. The fraction of sp³-hybridized carbons (Fsp3) is 0. The molecule has 0 saturated carbocycles. The fourth-order valence-electron chi connectivity index (χ4n) is 17.8. The van der Waals surface area contributed by atoms with Crippen molar-refractivity contribution in [1.29, 1.82) is 0 Å². The molecule has 23 rings (SSSR count). The van der Waals surface area contributed by atoms with E-state index in [9.17, 15) is 0 Å². The molecule has 10 aliphatic heterocycles. The van der Waals surface area contributed by atoms with Gasteiger partial charge in [0.25, 0.3) is 0 Å². The second-order valence-corrected chi connectivity index (χ2v) is 25.5. The third-order valence-corrected chi connectivity index (χ3v) is 21.1. The van der Waals surface area contributed by atoms with E-state index in [4.69, 9.17) is 18.6 Å². The van der Waals surface area contributed by atoms with Crippen LogP contribution in [0, 0.1) is 0 Å².